The Morgan fingerprint density at radius 1 is 1.04 bits per heavy atom. The van der Waals surface area contributed by atoms with Crippen LogP contribution in [-0.2, 0) is 26.7 Å². The molecule has 7 nitrogen and oxygen atoms in total. The zero-order chi connectivity index (χ0) is 17.3. The third kappa shape index (κ3) is 4.43. The number of benzene rings is 2. The summed E-state index contributed by atoms with van der Waals surface area (Å²) in [6, 6.07) is 10.9. The van der Waals surface area contributed by atoms with Crippen LogP contribution in [0.4, 0.5) is 5.69 Å². The highest BCUT2D eigenvalue weighted by Crippen LogP contribution is 2.31. The highest BCUT2D eigenvalue weighted by Gasteiger charge is 2.23. The maximum absolute atomic E-state index is 11.5. The van der Waals surface area contributed by atoms with Crippen molar-refractivity contribution < 1.29 is 21.4 Å². The van der Waals surface area contributed by atoms with Gasteiger partial charge in [0.2, 0.25) is 10.0 Å². The molecule has 0 atom stereocenters. The van der Waals surface area contributed by atoms with E-state index in [2.05, 4.69) is 5.32 Å². The molecule has 4 N–H and O–H groups in total. The van der Waals surface area contributed by atoms with Gasteiger partial charge in [-0.2, -0.15) is 8.42 Å². The fourth-order valence-electron chi connectivity index (χ4n) is 1.90. The lowest BCUT2D eigenvalue weighted by atomic mass is 10.2. The molecule has 0 aromatic heterocycles. The van der Waals surface area contributed by atoms with Crippen LogP contribution in [0.2, 0.25) is 5.02 Å². The van der Waals surface area contributed by atoms with Crippen molar-refractivity contribution in [2.75, 3.05) is 5.32 Å². The second-order valence-electron chi connectivity index (χ2n) is 4.64. The molecule has 0 aliphatic carbocycles. The molecule has 0 saturated heterocycles. The van der Waals surface area contributed by atoms with Gasteiger partial charge in [0.1, 0.15) is 9.79 Å². The van der Waals surface area contributed by atoms with Crippen molar-refractivity contribution in [3.05, 3.63) is 53.1 Å². The minimum atomic E-state index is -4.68. The van der Waals surface area contributed by atoms with E-state index in [4.69, 9.17) is 16.7 Å². The molecular formula is C13H13ClN2O5S2. The molecule has 2 aromatic carbocycles. The predicted octanol–water partition coefficient (Wildman–Crippen LogP) is 1.85. The molecule has 2 rings (SSSR count). The van der Waals surface area contributed by atoms with Gasteiger partial charge in [-0.3, -0.25) is 4.55 Å². The zero-order valence-corrected chi connectivity index (χ0v) is 14.0. The van der Waals surface area contributed by atoms with Crippen molar-refractivity contribution in [3.63, 3.8) is 0 Å². The van der Waals surface area contributed by atoms with E-state index in [9.17, 15) is 21.4 Å². The van der Waals surface area contributed by atoms with Crippen LogP contribution in [0.3, 0.4) is 0 Å². The number of hydrogen-bond donors (Lipinski definition) is 3. The van der Waals surface area contributed by atoms with Crippen molar-refractivity contribution in [2.24, 2.45) is 5.14 Å². The van der Waals surface area contributed by atoms with E-state index in [-0.39, 0.29) is 17.3 Å². The van der Waals surface area contributed by atoms with Gasteiger partial charge in [-0.1, -0.05) is 41.9 Å². The molecule has 124 valence electrons. The normalized spacial score (nSPS) is 12.1. The number of anilines is 1. The third-order valence-electron chi connectivity index (χ3n) is 2.94. The SMILES string of the molecule is NS(=O)(=O)c1cc(S(=O)(=O)O)c(NCc2ccccc2)cc1Cl. The second-order valence-corrected chi connectivity index (χ2v) is 7.97. The Kier molecular flexibility index (Phi) is 4.97. The molecule has 0 saturated carbocycles. The van der Waals surface area contributed by atoms with Crippen LogP contribution in [0.1, 0.15) is 5.56 Å². The van der Waals surface area contributed by atoms with Crippen molar-refractivity contribution in [1.82, 2.24) is 0 Å². The summed E-state index contributed by atoms with van der Waals surface area (Å²) >= 11 is 5.84. The fourth-order valence-corrected chi connectivity index (χ4v) is 3.75. The van der Waals surface area contributed by atoms with E-state index in [1.54, 1.807) is 24.3 Å². The number of primary sulfonamides is 1. The van der Waals surface area contributed by atoms with Crippen molar-refractivity contribution in [2.45, 2.75) is 16.3 Å². The Labute approximate surface area is 138 Å². The summed E-state index contributed by atoms with van der Waals surface area (Å²) in [4.78, 5) is -1.21. The van der Waals surface area contributed by atoms with Gasteiger partial charge in [0, 0.05) is 6.54 Å². The fraction of sp³-hybridized carbons (Fsp3) is 0.0769. The van der Waals surface area contributed by atoms with Gasteiger partial charge in [0.05, 0.1) is 10.7 Å². The van der Waals surface area contributed by atoms with Crippen LogP contribution < -0.4 is 10.5 Å². The van der Waals surface area contributed by atoms with Crippen LogP contribution in [0, 0.1) is 0 Å². The number of nitrogens with two attached hydrogens (primary N) is 1. The summed E-state index contributed by atoms with van der Waals surface area (Å²) in [5.41, 5.74) is 0.814. The number of nitrogens with one attached hydrogen (secondary N) is 1. The quantitative estimate of drug-likeness (QED) is 0.683. The molecule has 0 aliphatic heterocycles. The zero-order valence-electron chi connectivity index (χ0n) is 11.6. The molecule has 0 radical (unpaired) electrons. The van der Waals surface area contributed by atoms with Gasteiger partial charge in [0.15, 0.2) is 0 Å². The minimum Gasteiger partial charge on any atom is -0.380 e. The van der Waals surface area contributed by atoms with E-state index in [0.29, 0.717) is 0 Å². The van der Waals surface area contributed by atoms with E-state index in [1.807, 2.05) is 6.07 Å². The average Bonchev–Trinajstić information content (AvgIpc) is 2.43. The van der Waals surface area contributed by atoms with Crippen LogP contribution >= 0.6 is 11.6 Å². The van der Waals surface area contributed by atoms with E-state index in [0.717, 1.165) is 17.7 Å². The summed E-state index contributed by atoms with van der Waals surface area (Å²) in [6.45, 7) is 0.244. The largest absolute Gasteiger partial charge is 0.380 e. The summed E-state index contributed by atoms with van der Waals surface area (Å²) < 4.78 is 55.1. The van der Waals surface area contributed by atoms with Crippen molar-refractivity contribution in [1.29, 1.82) is 0 Å². The Balaban J connectivity index is 2.48. The molecule has 0 amide bonds. The lowest BCUT2D eigenvalue weighted by Crippen LogP contribution is -2.15. The lowest BCUT2D eigenvalue weighted by molar-refractivity contribution is 0.483. The van der Waals surface area contributed by atoms with Gasteiger partial charge < -0.3 is 5.32 Å². The van der Waals surface area contributed by atoms with Crippen LogP contribution in [-0.4, -0.2) is 21.4 Å². The molecule has 23 heavy (non-hydrogen) atoms. The molecule has 0 fully saturated rings. The van der Waals surface area contributed by atoms with Gasteiger partial charge in [-0.15, -0.1) is 0 Å². The number of rotatable bonds is 5. The van der Waals surface area contributed by atoms with Crippen LogP contribution in [0.5, 0.6) is 0 Å². The molecule has 10 heteroatoms. The molecule has 0 unspecified atom stereocenters. The predicted molar refractivity (Wildman–Crippen MR) is 86.4 cm³/mol. The molecule has 0 bridgehead atoms. The molecule has 2 aromatic rings. The highest BCUT2D eigenvalue weighted by atomic mass is 35.5. The first kappa shape index (κ1) is 17.7. The third-order valence-corrected chi connectivity index (χ3v) is 5.21. The molecule has 0 spiro atoms. The first-order chi connectivity index (χ1) is 10.6. The summed E-state index contributed by atoms with van der Waals surface area (Å²) in [6.07, 6.45) is 0. The number of sulfonamides is 1. The number of hydrogen-bond acceptors (Lipinski definition) is 5. The maximum Gasteiger partial charge on any atom is 0.296 e. The van der Waals surface area contributed by atoms with Gasteiger partial charge in [0.25, 0.3) is 10.1 Å². The molecular weight excluding hydrogens is 364 g/mol. The van der Waals surface area contributed by atoms with Crippen LogP contribution in [0.15, 0.2) is 52.3 Å². The van der Waals surface area contributed by atoms with Crippen molar-refractivity contribution >= 4 is 37.4 Å². The second kappa shape index (κ2) is 6.46. The Bertz CT molecular complexity index is 928. The van der Waals surface area contributed by atoms with E-state index >= 15 is 0 Å². The Hall–Kier alpha value is -1.65. The van der Waals surface area contributed by atoms with E-state index < -0.39 is 29.9 Å². The Morgan fingerprint density at radius 3 is 2.17 bits per heavy atom. The first-order valence-corrected chi connectivity index (χ1v) is 9.57. The standard InChI is InChI=1S/C13H13ClN2O5S2/c14-10-6-11(16-8-9-4-2-1-3-5-9)13(23(19,20)21)7-12(10)22(15,17)18/h1-7,16H,8H2,(H2,15,17,18)(H,19,20,21). The highest BCUT2D eigenvalue weighted by molar-refractivity contribution is 7.89. The molecule has 0 heterocycles. The summed E-state index contributed by atoms with van der Waals surface area (Å²) in [7, 11) is -8.91. The molecule has 0 aliphatic rings. The summed E-state index contributed by atoms with van der Waals surface area (Å²) in [5.74, 6) is 0. The number of halogens is 1. The van der Waals surface area contributed by atoms with E-state index in [1.165, 1.54) is 0 Å². The maximum atomic E-state index is 11.5. The Morgan fingerprint density at radius 2 is 1.65 bits per heavy atom. The van der Waals surface area contributed by atoms with Gasteiger partial charge in [-0.25, -0.2) is 13.6 Å². The smallest absolute Gasteiger partial charge is 0.296 e. The van der Waals surface area contributed by atoms with Crippen LogP contribution in [0.25, 0.3) is 0 Å². The monoisotopic (exact) mass is 376 g/mol. The van der Waals surface area contributed by atoms with Crippen molar-refractivity contribution in [3.8, 4) is 0 Å². The topological polar surface area (TPSA) is 127 Å². The summed E-state index contributed by atoms with van der Waals surface area (Å²) in [5, 5.41) is 7.52. The van der Waals surface area contributed by atoms with Gasteiger partial charge in [-0.05, 0) is 17.7 Å². The average molecular weight is 377 g/mol. The first-order valence-electron chi connectivity index (χ1n) is 6.20. The minimum absolute atomic E-state index is 0.0336. The van der Waals surface area contributed by atoms with Gasteiger partial charge >= 0.3 is 0 Å². The lowest BCUT2D eigenvalue weighted by Gasteiger charge is -2.13.